The zero-order valence-electron chi connectivity index (χ0n) is 16.3. The molecule has 0 radical (unpaired) electrons. The van der Waals surface area contributed by atoms with Crippen LogP contribution in [0.25, 0.3) is 0 Å². The predicted molar refractivity (Wildman–Crippen MR) is 106 cm³/mol. The summed E-state index contributed by atoms with van der Waals surface area (Å²) in [5, 5.41) is 10.5. The maximum Gasteiger partial charge on any atom is 0.0606 e. The van der Waals surface area contributed by atoms with Gasteiger partial charge < -0.3 is 5.11 Å². The van der Waals surface area contributed by atoms with Crippen LogP contribution in [0, 0.1) is 5.92 Å². The van der Waals surface area contributed by atoms with Gasteiger partial charge in [-0.2, -0.15) is 0 Å². The van der Waals surface area contributed by atoms with Crippen molar-refractivity contribution in [1.29, 1.82) is 0 Å². The van der Waals surface area contributed by atoms with Gasteiger partial charge in [-0.3, -0.25) is 4.90 Å². The quantitative estimate of drug-likeness (QED) is 0.692. The molecule has 0 heterocycles. The molecule has 25 heavy (non-hydrogen) atoms. The molecule has 0 aliphatic rings. The molecule has 0 unspecified atom stereocenters. The van der Waals surface area contributed by atoms with Crippen LogP contribution in [0.2, 0.25) is 0 Å². The van der Waals surface area contributed by atoms with Gasteiger partial charge >= 0.3 is 0 Å². The second-order valence-corrected chi connectivity index (χ2v) is 8.07. The molecule has 0 saturated carbocycles. The second-order valence-electron chi connectivity index (χ2n) is 8.07. The van der Waals surface area contributed by atoms with E-state index >= 15 is 0 Å². The largest absolute Gasteiger partial charge is 0.390 e. The molecule has 1 N–H and O–H groups in total. The van der Waals surface area contributed by atoms with E-state index in [1.165, 1.54) is 11.1 Å². The van der Waals surface area contributed by atoms with E-state index in [9.17, 15) is 5.11 Å². The van der Waals surface area contributed by atoms with E-state index in [1.54, 1.807) is 0 Å². The molecule has 136 valence electrons. The molecular formula is C23H33NO. The Kier molecular flexibility index (Phi) is 6.80. The van der Waals surface area contributed by atoms with Gasteiger partial charge in [0.25, 0.3) is 0 Å². The van der Waals surface area contributed by atoms with E-state index in [1.807, 2.05) is 13.8 Å². The van der Waals surface area contributed by atoms with Crippen molar-refractivity contribution in [2.24, 2.45) is 5.92 Å². The van der Waals surface area contributed by atoms with Crippen LogP contribution < -0.4 is 0 Å². The van der Waals surface area contributed by atoms with Gasteiger partial charge in [0.1, 0.15) is 0 Å². The van der Waals surface area contributed by atoms with Crippen LogP contribution in [0.15, 0.2) is 60.7 Å². The molecule has 2 heteroatoms. The number of rotatable bonds is 8. The van der Waals surface area contributed by atoms with Crippen LogP contribution in [-0.4, -0.2) is 21.6 Å². The van der Waals surface area contributed by atoms with Crippen molar-refractivity contribution < 1.29 is 5.11 Å². The van der Waals surface area contributed by atoms with Gasteiger partial charge in [0, 0.05) is 18.6 Å². The van der Waals surface area contributed by atoms with E-state index in [2.05, 4.69) is 86.3 Å². The van der Waals surface area contributed by atoms with Crippen molar-refractivity contribution in [2.45, 2.75) is 65.3 Å². The third-order valence-electron chi connectivity index (χ3n) is 4.89. The fourth-order valence-corrected chi connectivity index (χ4v) is 3.51. The predicted octanol–water partition coefficient (Wildman–Crippen LogP) is 5.44. The minimum absolute atomic E-state index is 0.288. The number of hydrogen-bond acceptors (Lipinski definition) is 2. The maximum absolute atomic E-state index is 10.5. The molecule has 0 aromatic heterocycles. The average molecular weight is 340 g/mol. The Hall–Kier alpha value is -1.64. The van der Waals surface area contributed by atoms with Crippen LogP contribution in [0.3, 0.4) is 0 Å². The third kappa shape index (κ3) is 5.98. The van der Waals surface area contributed by atoms with Crippen molar-refractivity contribution >= 4 is 0 Å². The molecule has 0 saturated heterocycles. The minimum atomic E-state index is -0.680. The lowest BCUT2D eigenvalue weighted by Gasteiger charge is -2.41. The van der Waals surface area contributed by atoms with Crippen molar-refractivity contribution in [3.8, 4) is 0 Å². The molecule has 0 fully saturated rings. The van der Waals surface area contributed by atoms with Gasteiger partial charge in [-0.15, -0.1) is 0 Å². The fourth-order valence-electron chi connectivity index (χ4n) is 3.51. The number of benzene rings is 2. The molecule has 0 bridgehead atoms. The standard InChI is InChI=1S/C23H33NO/c1-18(2)22(16-23(4,5)25)24(17-20-12-8-6-9-13-20)19(3)21-14-10-7-11-15-21/h6-15,18-19,22,25H,16-17H2,1-5H3/t19-,22+/m0/s1. The molecule has 2 aromatic rings. The Morgan fingerprint density at radius 2 is 1.40 bits per heavy atom. The van der Waals surface area contributed by atoms with Gasteiger partial charge in [0.15, 0.2) is 0 Å². The molecule has 2 nitrogen and oxygen atoms in total. The smallest absolute Gasteiger partial charge is 0.0606 e. The molecule has 0 aliphatic heterocycles. The summed E-state index contributed by atoms with van der Waals surface area (Å²) in [6.07, 6.45) is 0.759. The van der Waals surface area contributed by atoms with Crippen LogP contribution in [0.1, 0.15) is 58.2 Å². The molecule has 2 rings (SSSR count). The normalized spacial score (nSPS) is 14.7. The Bertz CT molecular complexity index is 616. The average Bonchev–Trinajstić information content (AvgIpc) is 2.58. The first-order valence-electron chi connectivity index (χ1n) is 9.35. The second kappa shape index (κ2) is 8.64. The lowest BCUT2D eigenvalue weighted by Crippen LogP contribution is -2.44. The Balaban J connectivity index is 2.35. The number of hydrogen-bond donors (Lipinski definition) is 1. The summed E-state index contributed by atoms with van der Waals surface area (Å²) in [5.41, 5.74) is 1.95. The molecule has 0 spiro atoms. The SMILES string of the molecule is CC(C)[C@@H](CC(C)(C)O)N(Cc1ccccc1)[C@@H](C)c1ccccc1. The molecule has 2 aromatic carbocycles. The first-order valence-corrected chi connectivity index (χ1v) is 9.35. The highest BCUT2D eigenvalue weighted by molar-refractivity contribution is 5.20. The van der Waals surface area contributed by atoms with Crippen LogP contribution in [-0.2, 0) is 6.54 Å². The van der Waals surface area contributed by atoms with E-state index in [0.29, 0.717) is 12.0 Å². The van der Waals surface area contributed by atoms with Gasteiger partial charge in [-0.25, -0.2) is 0 Å². The zero-order chi connectivity index (χ0) is 18.4. The van der Waals surface area contributed by atoms with Crippen molar-refractivity contribution in [2.75, 3.05) is 0 Å². The molecule has 0 aliphatic carbocycles. The van der Waals surface area contributed by atoms with E-state index in [-0.39, 0.29) is 6.04 Å². The van der Waals surface area contributed by atoms with Crippen molar-refractivity contribution in [3.05, 3.63) is 71.8 Å². The van der Waals surface area contributed by atoms with Gasteiger partial charge in [-0.05, 0) is 44.2 Å². The lowest BCUT2D eigenvalue weighted by atomic mass is 9.88. The fraction of sp³-hybridized carbons (Fsp3) is 0.478. The molecular weight excluding hydrogens is 306 g/mol. The summed E-state index contributed by atoms with van der Waals surface area (Å²) in [5.74, 6) is 0.460. The van der Waals surface area contributed by atoms with Crippen LogP contribution >= 0.6 is 0 Å². The van der Waals surface area contributed by atoms with Crippen LogP contribution in [0.4, 0.5) is 0 Å². The Morgan fingerprint density at radius 1 is 0.880 bits per heavy atom. The van der Waals surface area contributed by atoms with Crippen molar-refractivity contribution in [1.82, 2.24) is 4.90 Å². The van der Waals surface area contributed by atoms with E-state index in [0.717, 1.165) is 13.0 Å². The highest BCUT2D eigenvalue weighted by Crippen LogP contribution is 2.31. The van der Waals surface area contributed by atoms with Gasteiger partial charge in [0.2, 0.25) is 0 Å². The zero-order valence-corrected chi connectivity index (χ0v) is 16.3. The summed E-state index contributed by atoms with van der Waals surface area (Å²) in [6, 6.07) is 21.9. The number of nitrogens with zero attached hydrogens (tertiary/aromatic N) is 1. The van der Waals surface area contributed by atoms with Crippen LogP contribution in [0.5, 0.6) is 0 Å². The third-order valence-corrected chi connectivity index (χ3v) is 4.89. The van der Waals surface area contributed by atoms with E-state index < -0.39 is 5.60 Å². The monoisotopic (exact) mass is 339 g/mol. The molecule has 0 amide bonds. The van der Waals surface area contributed by atoms with E-state index in [4.69, 9.17) is 0 Å². The minimum Gasteiger partial charge on any atom is -0.390 e. The highest BCUT2D eigenvalue weighted by atomic mass is 16.3. The Labute approximate surface area is 153 Å². The van der Waals surface area contributed by atoms with Crippen molar-refractivity contribution in [3.63, 3.8) is 0 Å². The summed E-state index contributed by atoms with van der Waals surface area (Å²) < 4.78 is 0. The number of aliphatic hydroxyl groups is 1. The van der Waals surface area contributed by atoms with Gasteiger partial charge in [0.05, 0.1) is 5.60 Å². The molecule has 2 atom stereocenters. The summed E-state index contributed by atoms with van der Waals surface area (Å²) >= 11 is 0. The summed E-state index contributed by atoms with van der Waals surface area (Å²) in [7, 11) is 0. The highest BCUT2D eigenvalue weighted by Gasteiger charge is 2.31. The first-order chi connectivity index (χ1) is 11.8. The first kappa shape index (κ1) is 19.7. The lowest BCUT2D eigenvalue weighted by molar-refractivity contribution is 0.00422. The maximum atomic E-state index is 10.5. The van der Waals surface area contributed by atoms with Gasteiger partial charge in [-0.1, -0.05) is 74.5 Å². The summed E-state index contributed by atoms with van der Waals surface area (Å²) in [6.45, 7) is 11.5. The Morgan fingerprint density at radius 3 is 1.88 bits per heavy atom. The topological polar surface area (TPSA) is 23.5 Å². The summed E-state index contributed by atoms with van der Waals surface area (Å²) in [4.78, 5) is 2.55.